The molecule has 27 heavy (non-hydrogen) atoms. The second-order valence-electron chi connectivity index (χ2n) is 7.35. The Morgan fingerprint density at radius 3 is 2.07 bits per heavy atom. The first kappa shape index (κ1) is 20.6. The van der Waals surface area contributed by atoms with Crippen molar-refractivity contribution in [3.8, 4) is 0 Å². The standard InChI is InChI=1S/C20H25N3O3S/c1-20(2,3)17-10-6-15(7-11-17)14-21-22-19(24)16-8-12-18(13-9-16)23(4)27(5,25)26/h6-14H,1-5H3,(H,22,24)/b21-14-. The van der Waals surface area contributed by atoms with Crippen molar-refractivity contribution in [2.75, 3.05) is 17.6 Å². The third-order valence-corrected chi connectivity index (χ3v) is 5.35. The predicted octanol–water partition coefficient (Wildman–Crippen LogP) is 3.14. The number of rotatable bonds is 5. The fourth-order valence-electron chi connectivity index (χ4n) is 2.31. The Morgan fingerprint density at radius 2 is 1.59 bits per heavy atom. The summed E-state index contributed by atoms with van der Waals surface area (Å²) in [5, 5.41) is 3.98. The van der Waals surface area contributed by atoms with Gasteiger partial charge in [0.2, 0.25) is 10.0 Å². The molecule has 2 aromatic rings. The molecule has 2 rings (SSSR count). The maximum atomic E-state index is 12.1. The minimum atomic E-state index is -3.34. The third kappa shape index (κ3) is 5.65. The maximum Gasteiger partial charge on any atom is 0.271 e. The van der Waals surface area contributed by atoms with E-state index in [2.05, 4.69) is 31.3 Å². The highest BCUT2D eigenvalue weighted by Gasteiger charge is 2.13. The lowest BCUT2D eigenvalue weighted by molar-refractivity contribution is 0.0955. The second-order valence-corrected chi connectivity index (χ2v) is 9.36. The van der Waals surface area contributed by atoms with Crippen LogP contribution in [0.2, 0.25) is 0 Å². The number of nitrogens with one attached hydrogen (secondary N) is 1. The number of carbonyl (C=O) groups excluding carboxylic acids is 1. The molecule has 0 spiro atoms. The summed E-state index contributed by atoms with van der Waals surface area (Å²) in [6, 6.07) is 14.2. The second kappa shape index (κ2) is 7.92. The van der Waals surface area contributed by atoms with Gasteiger partial charge in [-0.2, -0.15) is 5.10 Å². The molecule has 0 aromatic heterocycles. The lowest BCUT2D eigenvalue weighted by atomic mass is 9.87. The van der Waals surface area contributed by atoms with Crippen LogP contribution >= 0.6 is 0 Å². The van der Waals surface area contributed by atoms with E-state index in [1.165, 1.54) is 12.6 Å². The first-order valence-corrected chi connectivity index (χ1v) is 10.3. The summed E-state index contributed by atoms with van der Waals surface area (Å²) >= 11 is 0. The van der Waals surface area contributed by atoms with Crippen molar-refractivity contribution in [3.05, 3.63) is 65.2 Å². The Labute approximate surface area is 161 Å². The van der Waals surface area contributed by atoms with Crippen LogP contribution in [0.3, 0.4) is 0 Å². The molecule has 144 valence electrons. The highest BCUT2D eigenvalue weighted by Crippen LogP contribution is 2.21. The lowest BCUT2D eigenvalue weighted by Gasteiger charge is -2.18. The number of nitrogens with zero attached hydrogens (tertiary/aromatic N) is 2. The van der Waals surface area contributed by atoms with Gasteiger partial charge < -0.3 is 0 Å². The van der Waals surface area contributed by atoms with Crippen LogP contribution in [-0.4, -0.2) is 33.8 Å². The molecule has 7 heteroatoms. The van der Waals surface area contributed by atoms with Gasteiger partial charge in [0.25, 0.3) is 5.91 Å². The summed E-state index contributed by atoms with van der Waals surface area (Å²) in [7, 11) is -1.88. The average Bonchev–Trinajstić information content (AvgIpc) is 2.60. The molecule has 0 saturated carbocycles. The number of benzene rings is 2. The topological polar surface area (TPSA) is 78.8 Å². The zero-order valence-electron chi connectivity index (χ0n) is 16.2. The van der Waals surface area contributed by atoms with Crippen molar-refractivity contribution < 1.29 is 13.2 Å². The molecule has 0 fully saturated rings. The minimum absolute atomic E-state index is 0.0846. The van der Waals surface area contributed by atoms with Gasteiger partial charge in [-0.3, -0.25) is 9.10 Å². The quantitative estimate of drug-likeness (QED) is 0.632. The van der Waals surface area contributed by atoms with Crippen molar-refractivity contribution in [2.45, 2.75) is 26.2 Å². The molecule has 1 N–H and O–H groups in total. The maximum absolute atomic E-state index is 12.1. The van der Waals surface area contributed by atoms with Gasteiger partial charge in [-0.25, -0.2) is 13.8 Å². The fraction of sp³-hybridized carbons (Fsp3) is 0.300. The van der Waals surface area contributed by atoms with E-state index in [1.54, 1.807) is 30.5 Å². The van der Waals surface area contributed by atoms with Gasteiger partial charge in [0.1, 0.15) is 0 Å². The molecule has 0 aliphatic heterocycles. The van der Waals surface area contributed by atoms with E-state index in [0.29, 0.717) is 11.3 Å². The molecule has 0 aliphatic carbocycles. The zero-order valence-corrected chi connectivity index (χ0v) is 17.0. The first-order chi connectivity index (χ1) is 12.5. The van der Waals surface area contributed by atoms with Gasteiger partial charge in [-0.05, 0) is 40.8 Å². The summed E-state index contributed by atoms with van der Waals surface area (Å²) < 4.78 is 24.2. The van der Waals surface area contributed by atoms with Crippen LogP contribution in [0.25, 0.3) is 0 Å². The van der Waals surface area contributed by atoms with Gasteiger partial charge in [0, 0.05) is 12.6 Å². The molecule has 0 unspecified atom stereocenters. The van der Waals surface area contributed by atoms with Crippen LogP contribution in [0.1, 0.15) is 42.3 Å². The number of anilines is 1. The van der Waals surface area contributed by atoms with E-state index in [4.69, 9.17) is 0 Å². The molecule has 1 amide bonds. The molecule has 0 bridgehead atoms. The van der Waals surface area contributed by atoms with Crippen molar-refractivity contribution in [1.29, 1.82) is 0 Å². The van der Waals surface area contributed by atoms with E-state index in [9.17, 15) is 13.2 Å². The molecule has 0 heterocycles. The molecular weight excluding hydrogens is 362 g/mol. The highest BCUT2D eigenvalue weighted by atomic mass is 32.2. The number of hydrogen-bond acceptors (Lipinski definition) is 4. The molecule has 0 aliphatic rings. The molecule has 0 saturated heterocycles. The van der Waals surface area contributed by atoms with Gasteiger partial charge in [0.15, 0.2) is 0 Å². The highest BCUT2D eigenvalue weighted by molar-refractivity contribution is 7.92. The van der Waals surface area contributed by atoms with Gasteiger partial charge in [0.05, 0.1) is 18.2 Å². The summed E-state index contributed by atoms with van der Waals surface area (Å²) in [5.74, 6) is -0.369. The van der Waals surface area contributed by atoms with E-state index in [1.807, 2.05) is 24.3 Å². The fourth-order valence-corrected chi connectivity index (χ4v) is 2.82. The van der Waals surface area contributed by atoms with Crippen LogP contribution in [0.5, 0.6) is 0 Å². The summed E-state index contributed by atoms with van der Waals surface area (Å²) in [6.45, 7) is 6.44. The van der Waals surface area contributed by atoms with Crippen LogP contribution in [0, 0.1) is 0 Å². The summed E-state index contributed by atoms with van der Waals surface area (Å²) in [5.41, 5.74) is 5.53. The Bertz CT molecular complexity index is 926. The van der Waals surface area contributed by atoms with Crippen molar-refractivity contribution in [3.63, 3.8) is 0 Å². The van der Waals surface area contributed by atoms with Crippen LogP contribution < -0.4 is 9.73 Å². The van der Waals surface area contributed by atoms with Crippen molar-refractivity contribution in [1.82, 2.24) is 5.43 Å². The number of carbonyl (C=O) groups is 1. The number of amides is 1. The van der Waals surface area contributed by atoms with Gasteiger partial charge in [-0.15, -0.1) is 0 Å². The van der Waals surface area contributed by atoms with Gasteiger partial charge >= 0.3 is 0 Å². The van der Waals surface area contributed by atoms with E-state index in [0.717, 1.165) is 16.1 Å². The Hall–Kier alpha value is -2.67. The Kier molecular flexibility index (Phi) is 6.05. The van der Waals surface area contributed by atoms with Crippen molar-refractivity contribution >= 4 is 27.8 Å². The molecule has 6 nitrogen and oxygen atoms in total. The van der Waals surface area contributed by atoms with Crippen LogP contribution in [0.15, 0.2) is 53.6 Å². The lowest BCUT2D eigenvalue weighted by Crippen LogP contribution is -2.25. The largest absolute Gasteiger partial charge is 0.274 e. The minimum Gasteiger partial charge on any atom is -0.274 e. The summed E-state index contributed by atoms with van der Waals surface area (Å²) in [4.78, 5) is 12.1. The molecule has 0 atom stereocenters. The number of hydrazone groups is 1. The normalized spacial score (nSPS) is 12.2. The third-order valence-electron chi connectivity index (χ3n) is 4.15. The van der Waals surface area contributed by atoms with Crippen molar-refractivity contribution in [2.24, 2.45) is 5.10 Å². The van der Waals surface area contributed by atoms with Gasteiger partial charge in [-0.1, -0.05) is 45.0 Å². The molecular formula is C20H25N3O3S. The molecule has 0 radical (unpaired) electrons. The zero-order chi connectivity index (χ0) is 20.2. The Morgan fingerprint density at radius 1 is 1.04 bits per heavy atom. The smallest absolute Gasteiger partial charge is 0.271 e. The van der Waals surface area contributed by atoms with Crippen LogP contribution in [-0.2, 0) is 15.4 Å². The van der Waals surface area contributed by atoms with E-state index in [-0.39, 0.29) is 11.3 Å². The summed E-state index contributed by atoms with van der Waals surface area (Å²) in [6.07, 6.45) is 2.70. The first-order valence-electron chi connectivity index (χ1n) is 8.46. The van der Waals surface area contributed by atoms with Crippen LogP contribution in [0.4, 0.5) is 5.69 Å². The monoisotopic (exact) mass is 387 g/mol. The van der Waals surface area contributed by atoms with E-state index < -0.39 is 10.0 Å². The predicted molar refractivity (Wildman–Crippen MR) is 110 cm³/mol. The number of hydrogen-bond donors (Lipinski definition) is 1. The molecule has 2 aromatic carbocycles. The Balaban J connectivity index is 2.00. The average molecular weight is 388 g/mol. The number of sulfonamides is 1. The van der Waals surface area contributed by atoms with E-state index >= 15 is 0 Å². The SMILES string of the molecule is CN(c1ccc(C(=O)N/N=C\c2ccc(C(C)(C)C)cc2)cc1)S(C)(=O)=O.